The fourth-order valence-electron chi connectivity index (χ4n) is 3.22. The van der Waals surface area contributed by atoms with Crippen molar-refractivity contribution >= 4 is 27.9 Å². The average molecular weight is 482 g/mol. The minimum absolute atomic E-state index is 0.0750. The summed E-state index contributed by atoms with van der Waals surface area (Å²) in [5, 5.41) is 0.896. The number of benzene rings is 1. The van der Waals surface area contributed by atoms with E-state index in [1.54, 1.807) is 6.08 Å². The van der Waals surface area contributed by atoms with E-state index in [4.69, 9.17) is 9.57 Å². The SMILES string of the molecule is CC(C)CCC(=O)N(NS(C)(=O)=O)C(CC=Cc1ccccc1)C(=O)NO[C@H]1CCCCO1. The quantitative estimate of drug-likeness (QED) is 0.444. The van der Waals surface area contributed by atoms with Gasteiger partial charge in [0.05, 0.1) is 6.26 Å². The fourth-order valence-corrected chi connectivity index (χ4v) is 3.81. The summed E-state index contributed by atoms with van der Waals surface area (Å²) in [5.74, 6) is -0.890. The van der Waals surface area contributed by atoms with Crippen LogP contribution in [0.25, 0.3) is 6.08 Å². The van der Waals surface area contributed by atoms with E-state index in [0.29, 0.717) is 19.4 Å². The van der Waals surface area contributed by atoms with Crippen LogP contribution in [0.3, 0.4) is 0 Å². The van der Waals surface area contributed by atoms with Crippen LogP contribution >= 0.6 is 0 Å². The third-order valence-corrected chi connectivity index (χ3v) is 5.51. The third-order valence-electron chi connectivity index (χ3n) is 4.98. The van der Waals surface area contributed by atoms with Crippen LogP contribution < -0.4 is 10.3 Å². The Kier molecular flexibility index (Phi) is 11.0. The summed E-state index contributed by atoms with van der Waals surface area (Å²) in [6.45, 7) is 4.47. The van der Waals surface area contributed by atoms with E-state index in [9.17, 15) is 18.0 Å². The van der Waals surface area contributed by atoms with Crippen LogP contribution in [-0.2, 0) is 29.2 Å². The van der Waals surface area contributed by atoms with Crippen molar-refractivity contribution in [2.45, 2.75) is 64.7 Å². The summed E-state index contributed by atoms with van der Waals surface area (Å²) in [7, 11) is -3.81. The molecular formula is C23H35N3O6S. The molecule has 9 nitrogen and oxygen atoms in total. The Balaban J connectivity index is 2.21. The number of hydrazine groups is 1. The molecule has 1 aromatic rings. The smallest absolute Gasteiger partial charge is 0.268 e. The highest BCUT2D eigenvalue weighted by atomic mass is 32.2. The lowest BCUT2D eigenvalue weighted by Gasteiger charge is -2.30. The normalized spacial score (nSPS) is 17.8. The molecule has 2 amide bonds. The van der Waals surface area contributed by atoms with Gasteiger partial charge < -0.3 is 4.74 Å². The lowest BCUT2D eigenvalue weighted by atomic mass is 10.1. The van der Waals surface area contributed by atoms with Gasteiger partial charge in [-0.3, -0.25) is 14.6 Å². The molecule has 1 unspecified atom stereocenters. The van der Waals surface area contributed by atoms with E-state index in [1.807, 2.05) is 50.3 Å². The van der Waals surface area contributed by atoms with Crippen molar-refractivity contribution in [2.24, 2.45) is 5.92 Å². The maximum Gasteiger partial charge on any atom is 0.268 e. The summed E-state index contributed by atoms with van der Waals surface area (Å²) in [6.07, 6.45) is 7.11. The molecule has 1 aromatic carbocycles. The van der Waals surface area contributed by atoms with Gasteiger partial charge in [0.15, 0.2) is 6.29 Å². The number of hydroxylamine groups is 1. The van der Waals surface area contributed by atoms with Crippen LogP contribution in [0.4, 0.5) is 0 Å². The van der Waals surface area contributed by atoms with Gasteiger partial charge in [-0.2, -0.15) is 0 Å². The summed E-state index contributed by atoms with van der Waals surface area (Å²) in [5.41, 5.74) is 3.27. The zero-order chi connectivity index (χ0) is 24.3. The molecule has 10 heteroatoms. The van der Waals surface area contributed by atoms with E-state index in [1.165, 1.54) is 0 Å². The highest BCUT2D eigenvalue weighted by molar-refractivity contribution is 7.88. The molecule has 0 aliphatic carbocycles. The molecule has 1 aliphatic rings. The van der Waals surface area contributed by atoms with Crippen LogP contribution in [0.15, 0.2) is 36.4 Å². The van der Waals surface area contributed by atoms with Crippen LogP contribution in [0.2, 0.25) is 0 Å². The topological polar surface area (TPSA) is 114 Å². The first-order valence-electron chi connectivity index (χ1n) is 11.2. The molecule has 1 heterocycles. The Bertz CT molecular complexity index is 883. The van der Waals surface area contributed by atoms with Crippen LogP contribution in [-0.4, -0.2) is 50.4 Å². The second-order valence-corrected chi connectivity index (χ2v) is 10.2. The number of nitrogens with zero attached hydrogens (tertiary/aromatic N) is 1. The average Bonchev–Trinajstić information content (AvgIpc) is 2.78. The standard InChI is InChI=1S/C23H35N3O6S/c1-18(2)15-16-21(27)26(25-33(3,29)30)20(13-9-12-19-10-5-4-6-11-19)23(28)24-32-22-14-7-8-17-31-22/h4-6,9-12,18,20,22,25H,7-8,13-17H2,1-3H3,(H,24,28)/t20?,22-/m0/s1. The molecule has 1 fully saturated rings. The molecule has 184 valence electrons. The number of sulfonamides is 1. The van der Waals surface area contributed by atoms with Crippen molar-refractivity contribution in [2.75, 3.05) is 12.9 Å². The number of carbonyl (C=O) groups excluding carboxylic acids is 2. The van der Waals surface area contributed by atoms with Crippen molar-refractivity contribution < 1.29 is 27.6 Å². The lowest BCUT2D eigenvalue weighted by molar-refractivity contribution is -0.202. The third kappa shape index (κ3) is 10.5. The first-order chi connectivity index (χ1) is 15.7. The number of nitrogens with one attached hydrogen (secondary N) is 2. The largest absolute Gasteiger partial charge is 0.350 e. The van der Waals surface area contributed by atoms with Gasteiger partial charge in [-0.15, -0.1) is 4.83 Å². The van der Waals surface area contributed by atoms with E-state index in [-0.39, 0.29) is 18.8 Å². The van der Waals surface area contributed by atoms with E-state index >= 15 is 0 Å². The zero-order valence-corrected chi connectivity index (χ0v) is 20.3. The lowest BCUT2D eigenvalue weighted by Crippen LogP contribution is -2.57. The van der Waals surface area contributed by atoms with Crippen molar-refractivity contribution in [3.63, 3.8) is 0 Å². The maximum atomic E-state index is 13.0. The van der Waals surface area contributed by atoms with Gasteiger partial charge >= 0.3 is 0 Å². The number of ether oxygens (including phenoxy) is 1. The Morgan fingerprint density at radius 2 is 1.97 bits per heavy atom. The van der Waals surface area contributed by atoms with Crippen molar-refractivity contribution in [3.8, 4) is 0 Å². The number of hydrogen-bond acceptors (Lipinski definition) is 6. The molecule has 0 radical (unpaired) electrons. The number of hydrogen-bond donors (Lipinski definition) is 2. The first-order valence-corrected chi connectivity index (χ1v) is 13.1. The molecule has 0 bridgehead atoms. The summed E-state index contributed by atoms with van der Waals surface area (Å²) in [4.78, 5) is 33.6. The zero-order valence-electron chi connectivity index (χ0n) is 19.5. The Hall–Kier alpha value is -2.27. The second kappa shape index (κ2) is 13.4. The molecule has 33 heavy (non-hydrogen) atoms. The van der Waals surface area contributed by atoms with Gasteiger partial charge in [0.2, 0.25) is 15.9 Å². The second-order valence-electron chi connectivity index (χ2n) is 8.50. The molecule has 2 N–H and O–H groups in total. The Morgan fingerprint density at radius 3 is 2.58 bits per heavy atom. The minimum atomic E-state index is -3.81. The molecule has 1 aliphatic heterocycles. The first kappa shape index (κ1) is 27.0. The molecule has 1 saturated heterocycles. The van der Waals surface area contributed by atoms with Gasteiger partial charge in [0.1, 0.15) is 6.04 Å². The van der Waals surface area contributed by atoms with Crippen LogP contribution in [0, 0.1) is 5.92 Å². The molecule has 2 atom stereocenters. The van der Waals surface area contributed by atoms with Crippen LogP contribution in [0.5, 0.6) is 0 Å². The van der Waals surface area contributed by atoms with Crippen molar-refractivity contribution in [1.82, 2.24) is 15.3 Å². The van der Waals surface area contributed by atoms with Gasteiger partial charge in [0, 0.05) is 19.4 Å². The number of amides is 2. The van der Waals surface area contributed by atoms with Gasteiger partial charge in [-0.05, 0) is 37.2 Å². The van der Waals surface area contributed by atoms with E-state index < -0.39 is 34.2 Å². The monoisotopic (exact) mass is 481 g/mol. The highest BCUT2D eigenvalue weighted by Crippen LogP contribution is 2.15. The summed E-state index contributed by atoms with van der Waals surface area (Å²) in [6, 6.07) is 8.31. The fraction of sp³-hybridized carbons (Fsp3) is 0.565. The molecule has 0 saturated carbocycles. The van der Waals surface area contributed by atoms with E-state index in [0.717, 1.165) is 29.7 Å². The molecule has 0 spiro atoms. The van der Waals surface area contributed by atoms with Crippen molar-refractivity contribution in [1.29, 1.82) is 0 Å². The molecule has 2 rings (SSSR count). The predicted molar refractivity (Wildman–Crippen MR) is 126 cm³/mol. The van der Waals surface area contributed by atoms with Crippen molar-refractivity contribution in [3.05, 3.63) is 42.0 Å². The maximum absolute atomic E-state index is 13.0. The minimum Gasteiger partial charge on any atom is -0.350 e. The van der Waals surface area contributed by atoms with Crippen LogP contribution in [0.1, 0.15) is 57.9 Å². The molecule has 0 aromatic heterocycles. The summed E-state index contributed by atoms with van der Waals surface area (Å²) >= 11 is 0. The highest BCUT2D eigenvalue weighted by Gasteiger charge is 2.32. The number of carbonyl (C=O) groups is 2. The Labute approximate surface area is 196 Å². The number of rotatable bonds is 12. The van der Waals surface area contributed by atoms with Gasteiger partial charge in [-0.1, -0.05) is 56.3 Å². The molecular weight excluding hydrogens is 446 g/mol. The summed E-state index contributed by atoms with van der Waals surface area (Å²) < 4.78 is 29.5. The Morgan fingerprint density at radius 1 is 1.24 bits per heavy atom. The van der Waals surface area contributed by atoms with E-state index in [2.05, 4.69) is 10.3 Å². The van der Waals surface area contributed by atoms with Gasteiger partial charge in [-0.25, -0.2) is 18.7 Å². The predicted octanol–water partition coefficient (Wildman–Crippen LogP) is 2.76. The van der Waals surface area contributed by atoms with Gasteiger partial charge in [0.25, 0.3) is 5.91 Å².